The summed E-state index contributed by atoms with van der Waals surface area (Å²) >= 11 is 0. The molecule has 1 fully saturated rings. The van der Waals surface area contributed by atoms with Gasteiger partial charge < -0.3 is 10.4 Å². The fourth-order valence-corrected chi connectivity index (χ4v) is 2.30. The third kappa shape index (κ3) is 3.03. The van der Waals surface area contributed by atoms with E-state index in [0.717, 1.165) is 31.5 Å². The van der Waals surface area contributed by atoms with Gasteiger partial charge in [0.2, 0.25) is 0 Å². The minimum Gasteiger partial charge on any atom is -0.392 e. The minimum atomic E-state index is -0.344. The number of rotatable bonds is 3. The van der Waals surface area contributed by atoms with Gasteiger partial charge in [-0.25, -0.2) is 4.39 Å². The molecule has 1 aromatic rings. The SMILES string of the molecule is OC(Cc1cccc(F)c1)C1CCNCC1. The van der Waals surface area contributed by atoms with Crippen molar-refractivity contribution >= 4 is 0 Å². The molecule has 2 nitrogen and oxygen atoms in total. The molecule has 0 aliphatic carbocycles. The summed E-state index contributed by atoms with van der Waals surface area (Å²) in [7, 11) is 0. The fraction of sp³-hybridized carbons (Fsp3) is 0.538. The molecule has 1 heterocycles. The van der Waals surface area contributed by atoms with E-state index in [2.05, 4.69) is 5.32 Å². The van der Waals surface area contributed by atoms with Crippen molar-refractivity contribution < 1.29 is 9.50 Å². The Labute approximate surface area is 95.5 Å². The predicted octanol–water partition coefficient (Wildman–Crippen LogP) is 1.73. The second-order valence-corrected chi connectivity index (χ2v) is 4.49. The molecule has 0 bridgehead atoms. The molecule has 1 aromatic carbocycles. The quantitative estimate of drug-likeness (QED) is 0.818. The highest BCUT2D eigenvalue weighted by Gasteiger charge is 2.21. The normalized spacial score (nSPS) is 19.6. The van der Waals surface area contributed by atoms with Crippen LogP contribution in [0.25, 0.3) is 0 Å². The number of halogens is 1. The number of piperidine rings is 1. The maximum absolute atomic E-state index is 13.0. The van der Waals surface area contributed by atoms with E-state index in [1.165, 1.54) is 12.1 Å². The topological polar surface area (TPSA) is 32.3 Å². The molecule has 0 saturated carbocycles. The molecule has 0 spiro atoms. The lowest BCUT2D eigenvalue weighted by Gasteiger charge is -2.27. The van der Waals surface area contributed by atoms with Gasteiger partial charge in [-0.1, -0.05) is 12.1 Å². The highest BCUT2D eigenvalue weighted by atomic mass is 19.1. The van der Waals surface area contributed by atoms with E-state index in [4.69, 9.17) is 0 Å². The van der Waals surface area contributed by atoms with Crippen LogP contribution >= 0.6 is 0 Å². The van der Waals surface area contributed by atoms with Crippen LogP contribution in [0.4, 0.5) is 4.39 Å². The van der Waals surface area contributed by atoms with Gasteiger partial charge in [0.15, 0.2) is 0 Å². The maximum Gasteiger partial charge on any atom is 0.123 e. The number of aliphatic hydroxyl groups is 1. The maximum atomic E-state index is 13.0. The van der Waals surface area contributed by atoms with Crippen LogP contribution in [0.1, 0.15) is 18.4 Å². The molecule has 0 radical (unpaired) electrons. The summed E-state index contributed by atoms with van der Waals surface area (Å²) in [6, 6.07) is 6.50. The lowest BCUT2D eigenvalue weighted by Crippen LogP contribution is -2.35. The molecular weight excluding hydrogens is 205 g/mol. The van der Waals surface area contributed by atoms with Crippen molar-refractivity contribution in [2.75, 3.05) is 13.1 Å². The first-order valence-corrected chi connectivity index (χ1v) is 5.89. The number of hydrogen-bond acceptors (Lipinski definition) is 2. The largest absolute Gasteiger partial charge is 0.392 e. The Hall–Kier alpha value is -0.930. The zero-order chi connectivity index (χ0) is 11.4. The van der Waals surface area contributed by atoms with Gasteiger partial charge in [0, 0.05) is 0 Å². The first kappa shape index (κ1) is 11.6. The summed E-state index contributed by atoms with van der Waals surface area (Å²) < 4.78 is 13.0. The summed E-state index contributed by atoms with van der Waals surface area (Å²) in [5, 5.41) is 13.3. The second kappa shape index (κ2) is 5.41. The first-order chi connectivity index (χ1) is 7.75. The van der Waals surface area contributed by atoms with Gasteiger partial charge in [-0.2, -0.15) is 0 Å². The van der Waals surface area contributed by atoms with Crippen molar-refractivity contribution in [3.05, 3.63) is 35.6 Å². The molecule has 1 aliphatic heterocycles. The van der Waals surface area contributed by atoms with Crippen molar-refractivity contribution in [3.63, 3.8) is 0 Å². The van der Waals surface area contributed by atoms with Gasteiger partial charge in [-0.3, -0.25) is 0 Å². The van der Waals surface area contributed by atoms with Gasteiger partial charge in [0.05, 0.1) is 6.10 Å². The third-order valence-corrected chi connectivity index (χ3v) is 3.26. The summed E-state index contributed by atoms with van der Waals surface area (Å²) in [6.07, 6.45) is 2.24. The van der Waals surface area contributed by atoms with Gasteiger partial charge in [0.1, 0.15) is 5.82 Å². The van der Waals surface area contributed by atoms with Crippen LogP contribution < -0.4 is 5.32 Å². The van der Waals surface area contributed by atoms with E-state index in [9.17, 15) is 9.50 Å². The Morgan fingerprint density at radius 2 is 2.12 bits per heavy atom. The number of nitrogens with one attached hydrogen (secondary N) is 1. The monoisotopic (exact) mass is 223 g/mol. The number of aliphatic hydroxyl groups excluding tert-OH is 1. The third-order valence-electron chi connectivity index (χ3n) is 3.26. The van der Waals surface area contributed by atoms with E-state index in [-0.39, 0.29) is 11.9 Å². The van der Waals surface area contributed by atoms with Crippen molar-refractivity contribution in [2.24, 2.45) is 5.92 Å². The Morgan fingerprint density at radius 1 is 1.38 bits per heavy atom. The molecule has 1 aliphatic rings. The van der Waals surface area contributed by atoms with Crippen LogP contribution in [0.5, 0.6) is 0 Å². The zero-order valence-electron chi connectivity index (χ0n) is 9.32. The van der Waals surface area contributed by atoms with Crippen LogP contribution in [0, 0.1) is 11.7 Å². The van der Waals surface area contributed by atoms with E-state index in [1.54, 1.807) is 6.07 Å². The highest BCUT2D eigenvalue weighted by Crippen LogP contribution is 2.19. The lowest BCUT2D eigenvalue weighted by atomic mass is 9.89. The van der Waals surface area contributed by atoms with E-state index >= 15 is 0 Å². The average molecular weight is 223 g/mol. The molecule has 3 heteroatoms. The molecule has 0 amide bonds. The number of hydrogen-bond donors (Lipinski definition) is 2. The molecule has 88 valence electrons. The van der Waals surface area contributed by atoms with Gasteiger partial charge in [0.25, 0.3) is 0 Å². The molecule has 2 N–H and O–H groups in total. The van der Waals surface area contributed by atoms with Gasteiger partial charge >= 0.3 is 0 Å². The standard InChI is InChI=1S/C13H18FNO/c14-12-3-1-2-10(8-12)9-13(16)11-4-6-15-7-5-11/h1-3,8,11,13,15-16H,4-7,9H2. The van der Waals surface area contributed by atoms with Crippen LogP contribution in [-0.4, -0.2) is 24.3 Å². The lowest BCUT2D eigenvalue weighted by molar-refractivity contribution is 0.0890. The molecular formula is C13H18FNO. The smallest absolute Gasteiger partial charge is 0.123 e. The summed E-state index contributed by atoms with van der Waals surface area (Å²) in [5.41, 5.74) is 0.881. The summed E-state index contributed by atoms with van der Waals surface area (Å²) in [6.45, 7) is 1.95. The van der Waals surface area contributed by atoms with E-state index in [0.29, 0.717) is 12.3 Å². The first-order valence-electron chi connectivity index (χ1n) is 5.89. The molecule has 2 rings (SSSR count). The van der Waals surface area contributed by atoms with Crippen molar-refractivity contribution in [1.82, 2.24) is 5.32 Å². The zero-order valence-corrected chi connectivity index (χ0v) is 9.32. The Bertz CT molecular complexity index is 336. The van der Waals surface area contributed by atoms with E-state index in [1.807, 2.05) is 6.07 Å². The van der Waals surface area contributed by atoms with Crippen LogP contribution in [0.3, 0.4) is 0 Å². The average Bonchev–Trinajstić information content (AvgIpc) is 2.30. The van der Waals surface area contributed by atoms with Crippen LogP contribution in [0.15, 0.2) is 24.3 Å². The minimum absolute atomic E-state index is 0.227. The van der Waals surface area contributed by atoms with Crippen molar-refractivity contribution in [2.45, 2.75) is 25.4 Å². The molecule has 0 aromatic heterocycles. The Kier molecular flexibility index (Phi) is 3.91. The van der Waals surface area contributed by atoms with Gasteiger partial charge in [-0.05, 0) is 56.0 Å². The molecule has 16 heavy (non-hydrogen) atoms. The highest BCUT2D eigenvalue weighted by molar-refractivity contribution is 5.17. The number of benzene rings is 1. The predicted molar refractivity (Wildman–Crippen MR) is 61.7 cm³/mol. The van der Waals surface area contributed by atoms with Crippen LogP contribution in [-0.2, 0) is 6.42 Å². The fourth-order valence-electron chi connectivity index (χ4n) is 2.30. The Balaban J connectivity index is 1.93. The molecule has 1 unspecified atom stereocenters. The molecule has 1 atom stereocenters. The van der Waals surface area contributed by atoms with Gasteiger partial charge in [-0.15, -0.1) is 0 Å². The van der Waals surface area contributed by atoms with Crippen molar-refractivity contribution in [1.29, 1.82) is 0 Å². The summed E-state index contributed by atoms with van der Waals surface area (Å²) in [4.78, 5) is 0. The molecule has 1 saturated heterocycles. The van der Waals surface area contributed by atoms with Crippen molar-refractivity contribution in [3.8, 4) is 0 Å². The summed E-state index contributed by atoms with van der Waals surface area (Å²) in [5.74, 6) is 0.125. The second-order valence-electron chi connectivity index (χ2n) is 4.49. The van der Waals surface area contributed by atoms with Crippen LogP contribution in [0.2, 0.25) is 0 Å². The Morgan fingerprint density at radius 3 is 2.81 bits per heavy atom. The van der Waals surface area contributed by atoms with E-state index < -0.39 is 0 Å².